The minimum absolute atomic E-state index is 0.580. The van der Waals surface area contributed by atoms with E-state index in [0.717, 1.165) is 116 Å². The van der Waals surface area contributed by atoms with Crippen molar-refractivity contribution in [3.8, 4) is 58.8 Å². The van der Waals surface area contributed by atoms with Gasteiger partial charge in [0.2, 0.25) is 59.4 Å². The van der Waals surface area contributed by atoms with Crippen molar-refractivity contribution < 1.29 is 23.4 Å². The highest BCUT2D eigenvalue weighted by molar-refractivity contribution is 6.00. The monoisotopic (exact) mass is 1380 g/mol. The van der Waals surface area contributed by atoms with E-state index >= 15 is 0 Å². The summed E-state index contributed by atoms with van der Waals surface area (Å²) in [6.07, 6.45) is 9.88. The number of rotatable bonds is 0. The first-order valence-corrected chi connectivity index (χ1v) is 34.3. The zero-order chi connectivity index (χ0) is 74.5. The molecule has 502 valence electrons. The number of aryl methyl sites for hydroxylation is 7. The summed E-state index contributed by atoms with van der Waals surface area (Å²) in [5, 5.41) is 50.7. The average molecular weight is 1380 g/mol. The van der Waals surface area contributed by atoms with Gasteiger partial charge in [0, 0.05) is 27.8 Å². The molecule has 0 fully saturated rings. The van der Waals surface area contributed by atoms with Crippen LogP contribution in [0.25, 0.3) is 107 Å². The molecule has 5 aliphatic heterocycles. The van der Waals surface area contributed by atoms with Gasteiger partial charge in [-0.3, -0.25) is 0 Å². The Kier molecular flexibility index (Phi) is 15.7. The zero-order valence-corrected chi connectivity index (χ0v) is 59.1. The fraction of sp³-hybridized carbons (Fsp3) is 0.138. The molecule has 20 nitrogen and oxygen atoms in total. The Morgan fingerprint density at radius 2 is 0.626 bits per heavy atom. The van der Waals surface area contributed by atoms with Crippen LogP contribution in [0.1, 0.15) is 94.6 Å². The Labute approximate surface area is 614 Å². The lowest BCUT2D eigenvalue weighted by Crippen LogP contribution is -2.36. The molecular formula is C87H59N20+5. The maximum absolute atomic E-state index is 9.33. The van der Waals surface area contributed by atoms with Crippen LogP contribution in [-0.4, -0.2) is 23.4 Å². The van der Waals surface area contributed by atoms with Gasteiger partial charge in [-0.2, -0.15) is 26.3 Å². The summed E-state index contributed by atoms with van der Waals surface area (Å²) in [5.74, 6) is 0. The van der Waals surface area contributed by atoms with Gasteiger partial charge in [-0.25, -0.2) is 24.2 Å². The molecule has 5 aromatic heterocycles. The van der Waals surface area contributed by atoms with Crippen molar-refractivity contribution in [3.63, 3.8) is 0 Å². The largest absolute Gasteiger partial charge is 0.236 e. The number of nitriles is 5. The molecule has 0 spiro atoms. The molecule has 107 heavy (non-hydrogen) atoms. The number of benzene rings is 10. The predicted octanol–water partition coefficient (Wildman–Crippen LogP) is 15.7. The molecule has 0 bridgehead atoms. The summed E-state index contributed by atoms with van der Waals surface area (Å²) in [5.41, 5.74) is 30.5. The minimum Gasteiger partial charge on any atom is -0.236 e. The molecule has 0 saturated carbocycles. The normalized spacial score (nSPS) is 11.8. The van der Waals surface area contributed by atoms with Gasteiger partial charge in [0.05, 0.1) is 118 Å². The van der Waals surface area contributed by atoms with Crippen molar-refractivity contribution in [1.29, 1.82) is 26.3 Å². The number of para-hydroxylation sites is 1. The van der Waals surface area contributed by atoms with Crippen LogP contribution in [0.2, 0.25) is 0 Å². The SMILES string of the molecule is [C-]#[N+]c1ccc(C#N)c2c[n+]3n(c12)-c1c(C)cc(C)cc1C3.[C-]#[N+]c1ccc(C#N)c2c[n+]3n(c12)-c1c(C)cccc1C3.[C-]#[N+]c1ccc(C#N)c2c[n+]3n(c12)-c1cc(C)c(C)cc1C3.[C-]#[N+]c1ccc(C#N)c2c[n+]3n(c12)-c1cc(C)ccc1C3.[C-]#[N+]c1ccc(C#N)c2c[n+]3n(c12)-c1ccc(C)cc1C3. The second-order valence-electron chi connectivity index (χ2n) is 27.3. The molecule has 0 N–H and O–H groups in total. The molecule has 20 heteroatoms. The van der Waals surface area contributed by atoms with Crippen LogP contribution in [-0.2, 0) is 32.7 Å². The maximum Gasteiger partial charge on any atom is 0.217 e. The summed E-state index contributed by atoms with van der Waals surface area (Å²) >= 11 is 0. The number of hydrogen-bond donors (Lipinski definition) is 0. The maximum atomic E-state index is 9.33. The Morgan fingerprint density at radius 1 is 0.290 bits per heavy atom. The van der Waals surface area contributed by atoms with Crippen LogP contribution in [0.5, 0.6) is 0 Å². The average Bonchev–Trinajstić information content (AvgIpc) is 1.62. The van der Waals surface area contributed by atoms with Gasteiger partial charge in [-0.15, -0.1) is 46.8 Å². The van der Waals surface area contributed by atoms with Gasteiger partial charge in [0.1, 0.15) is 56.0 Å². The van der Waals surface area contributed by atoms with Crippen LogP contribution in [0.3, 0.4) is 0 Å². The van der Waals surface area contributed by atoms with Crippen LogP contribution >= 0.6 is 0 Å². The molecule has 0 radical (unpaired) electrons. The summed E-state index contributed by atoms with van der Waals surface area (Å²) < 4.78 is 20.8. The van der Waals surface area contributed by atoms with E-state index in [9.17, 15) is 26.3 Å². The predicted molar refractivity (Wildman–Crippen MR) is 401 cm³/mol. The van der Waals surface area contributed by atoms with Gasteiger partial charge in [0.25, 0.3) is 0 Å². The fourth-order valence-electron chi connectivity index (χ4n) is 15.9. The van der Waals surface area contributed by atoms with Crippen molar-refractivity contribution >= 4 is 83.0 Å². The lowest BCUT2D eigenvalue weighted by molar-refractivity contribution is -0.749. The number of hydrogen-bond acceptors (Lipinski definition) is 5. The molecule has 0 unspecified atom stereocenters. The van der Waals surface area contributed by atoms with E-state index < -0.39 is 0 Å². The van der Waals surface area contributed by atoms with E-state index in [-0.39, 0.29) is 0 Å². The Bertz CT molecular complexity index is 7020. The van der Waals surface area contributed by atoms with Crippen LogP contribution in [0.15, 0.2) is 171 Å². The fourth-order valence-corrected chi connectivity index (χ4v) is 15.9. The second-order valence-corrected chi connectivity index (χ2v) is 27.3. The van der Waals surface area contributed by atoms with E-state index in [1.165, 1.54) is 66.8 Å². The summed E-state index contributed by atoms with van der Waals surface area (Å²) in [7, 11) is 0. The molecule has 10 aromatic carbocycles. The molecule has 0 amide bonds. The highest BCUT2D eigenvalue weighted by Crippen LogP contribution is 2.40. The smallest absolute Gasteiger partial charge is 0.217 e. The van der Waals surface area contributed by atoms with Gasteiger partial charge in [0.15, 0.2) is 32.7 Å². The highest BCUT2D eigenvalue weighted by atomic mass is 15.5. The van der Waals surface area contributed by atoms with Crippen molar-refractivity contribution in [3.05, 3.63) is 322 Å². The van der Waals surface area contributed by atoms with Crippen molar-refractivity contribution in [2.45, 2.75) is 81.2 Å². The summed E-state index contributed by atoms with van der Waals surface area (Å²) in [6.45, 7) is 55.6. The van der Waals surface area contributed by atoms with Gasteiger partial charge >= 0.3 is 0 Å². The standard InChI is InChI=1S/2C18H13N4.3C17H11N4/c1-11-6-14-9-21-10-15-13(8-19)4-5-16(20-3)18(15)22(21)17(14)7-12(11)2;1-11-6-12(2)17-14(7-11)9-21-10-15-13(8-19)4-5-16(20-3)18(15)22(17)21;1-11-3-6-16-13(7-11)9-20-10-14-12(8-18)4-5-15(19-2)17(14)21(16)20;1-11-3-4-13-9-20-10-14-12(8-18)5-6-15(19-2)17(14)21(20)16(13)7-11;1-11-4-3-5-13-9-20-10-14-12(8-18)6-7-15(19-2)17(14)21(20)16(11)13/h2*4-7,10H,9H2,1-2H3;3*3-7,10H,9H2,1H3/q5*+1. The Morgan fingerprint density at radius 3 is 1.07 bits per heavy atom. The third-order valence-corrected chi connectivity index (χ3v) is 20.7. The van der Waals surface area contributed by atoms with E-state index in [1.807, 2.05) is 31.0 Å². The highest BCUT2D eigenvalue weighted by Gasteiger charge is 2.37. The van der Waals surface area contributed by atoms with E-state index in [0.29, 0.717) is 56.3 Å². The molecule has 0 aliphatic carbocycles. The molecule has 15 aromatic rings. The zero-order valence-electron chi connectivity index (χ0n) is 59.1. The summed E-state index contributed by atoms with van der Waals surface area (Å²) in [6, 6.07) is 56.1. The van der Waals surface area contributed by atoms with Gasteiger partial charge in [-0.1, -0.05) is 114 Å². The molecule has 0 atom stereocenters. The number of nitrogens with zero attached hydrogens (tertiary/aromatic N) is 20. The van der Waals surface area contributed by atoms with Gasteiger partial charge < -0.3 is 0 Å². The second kappa shape index (κ2) is 25.5. The first-order valence-electron chi connectivity index (χ1n) is 34.3. The van der Waals surface area contributed by atoms with Crippen LogP contribution < -0.4 is 23.4 Å². The first-order chi connectivity index (χ1) is 52.0. The van der Waals surface area contributed by atoms with Crippen LogP contribution in [0, 0.1) is 138 Å². The van der Waals surface area contributed by atoms with Crippen molar-refractivity contribution in [2.24, 2.45) is 0 Å². The lowest BCUT2D eigenvalue weighted by Gasteiger charge is -2.05. The third-order valence-electron chi connectivity index (χ3n) is 20.7. The summed E-state index contributed by atoms with van der Waals surface area (Å²) in [4.78, 5) is 18.2. The number of fused-ring (bicyclic) bond motifs is 25. The first kappa shape index (κ1) is 66.0. The van der Waals surface area contributed by atoms with E-state index in [1.54, 1.807) is 60.7 Å². The number of aromatic nitrogens is 10. The molecule has 10 heterocycles. The van der Waals surface area contributed by atoms with Gasteiger partial charge in [-0.05, 0) is 113 Å². The van der Waals surface area contributed by atoms with Crippen molar-refractivity contribution in [1.82, 2.24) is 23.4 Å². The molecule has 5 aliphatic rings. The Hall–Kier alpha value is -15.6. The minimum atomic E-state index is 0.580. The van der Waals surface area contributed by atoms with Crippen LogP contribution in [0.4, 0.5) is 28.4 Å². The topological polar surface area (TPSA) is 185 Å². The van der Waals surface area contributed by atoms with E-state index in [4.69, 9.17) is 32.9 Å². The molecule has 0 saturated heterocycles. The Balaban J connectivity index is 0.000000102. The van der Waals surface area contributed by atoms with E-state index in [2.05, 4.69) is 229 Å². The lowest BCUT2D eigenvalue weighted by atomic mass is 10.0. The third kappa shape index (κ3) is 10.4. The van der Waals surface area contributed by atoms with Crippen molar-refractivity contribution in [2.75, 3.05) is 0 Å². The quantitative estimate of drug-likeness (QED) is 0.108. The molecular weight excluding hydrogens is 1330 g/mol. The molecule has 20 rings (SSSR count).